The number of amidine groups is 1. The lowest BCUT2D eigenvalue weighted by molar-refractivity contribution is 0.634. The third kappa shape index (κ3) is 2.93. The zero-order valence-corrected chi connectivity index (χ0v) is 11.6. The number of nitrogens with one attached hydrogen (secondary N) is 1. The molecule has 0 unspecified atom stereocenters. The van der Waals surface area contributed by atoms with Crippen LogP contribution in [0.2, 0.25) is 0 Å². The molecule has 1 aromatic rings. The summed E-state index contributed by atoms with van der Waals surface area (Å²) in [5.41, 5.74) is 6.05. The second kappa shape index (κ2) is 5.14. The van der Waals surface area contributed by atoms with Crippen LogP contribution < -0.4 is 10.6 Å². The molecule has 98 valence electrons. The van der Waals surface area contributed by atoms with Crippen molar-refractivity contribution in [2.45, 2.75) is 25.0 Å². The van der Waals surface area contributed by atoms with E-state index in [0.717, 1.165) is 31.1 Å². The highest BCUT2D eigenvalue weighted by atomic mass is 32.2. The summed E-state index contributed by atoms with van der Waals surface area (Å²) < 4.78 is 0.299. The average Bonchev–Trinajstić information content (AvgIpc) is 2.50. The molecule has 0 bridgehead atoms. The molecule has 5 nitrogen and oxygen atoms in total. The van der Waals surface area contributed by atoms with Gasteiger partial charge in [0, 0.05) is 36.0 Å². The van der Waals surface area contributed by atoms with Crippen LogP contribution in [-0.4, -0.2) is 39.4 Å². The van der Waals surface area contributed by atoms with Crippen molar-refractivity contribution < 1.29 is 0 Å². The van der Waals surface area contributed by atoms with Crippen molar-refractivity contribution in [3.05, 3.63) is 18.1 Å². The van der Waals surface area contributed by atoms with Crippen LogP contribution in [0, 0.1) is 5.41 Å². The number of nitrogen functional groups attached to an aromatic ring is 1. The predicted octanol–water partition coefficient (Wildman–Crippen LogP) is 1.48. The van der Waals surface area contributed by atoms with Gasteiger partial charge in [-0.25, -0.2) is 9.97 Å². The van der Waals surface area contributed by atoms with E-state index in [4.69, 9.17) is 11.1 Å². The number of anilines is 1. The van der Waals surface area contributed by atoms with Crippen LogP contribution in [0.5, 0.6) is 0 Å². The Kier molecular flexibility index (Phi) is 3.75. The molecule has 3 N–H and O–H groups in total. The molecule has 1 saturated heterocycles. The summed E-state index contributed by atoms with van der Waals surface area (Å²) in [5.74, 6) is 1.78. The average molecular weight is 265 g/mol. The molecule has 2 heterocycles. The van der Waals surface area contributed by atoms with Crippen LogP contribution in [0.15, 0.2) is 12.4 Å². The molecule has 0 spiro atoms. The van der Waals surface area contributed by atoms with E-state index in [-0.39, 0.29) is 5.84 Å². The van der Waals surface area contributed by atoms with Gasteiger partial charge >= 0.3 is 0 Å². The first-order chi connectivity index (χ1) is 8.49. The maximum absolute atomic E-state index is 7.57. The van der Waals surface area contributed by atoms with Crippen LogP contribution in [0.25, 0.3) is 0 Å². The van der Waals surface area contributed by atoms with Crippen LogP contribution >= 0.6 is 11.8 Å². The topological polar surface area (TPSA) is 78.9 Å². The standard InChI is InChI=1S/C12H19N5S/c1-12(2)3-6-17(7-8-18-12)11-9(10(13)14)15-4-5-16-11/h4-5H,3,6-8H2,1-2H3,(H3,13,14). The number of aromatic nitrogens is 2. The minimum atomic E-state index is -0.0192. The summed E-state index contributed by atoms with van der Waals surface area (Å²) in [6.45, 7) is 6.39. The van der Waals surface area contributed by atoms with E-state index in [2.05, 4.69) is 28.7 Å². The lowest BCUT2D eigenvalue weighted by Crippen LogP contribution is -2.31. The molecule has 0 atom stereocenters. The number of rotatable bonds is 2. The summed E-state index contributed by atoms with van der Waals surface area (Å²) in [4.78, 5) is 10.7. The second-order valence-corrected chi connectivity index (χ2v) is 6.79. The third-order valence-electron chi connectivity index (χ3n) is 3.07. The summed E-state index contributed by atoms with van der Waals surface area (Å²) in [6.07, 6.45) is 4.33. The highest BCUT2D eigenvalue weighted by molar-refractivity contribution is 8.00. The molecule has 1 fully saturated rings. The first kappa shape index (κ1) is 13.1. The SMILES string of the molecule is CC1(C)CCN(c2nccnc2C(=N)N)CCS1. The largest absolute Gasteiger partial charge is 0.382 e. The van der Waals surface area contributed by atoms with Gasteiger partial charge < -0.3 is 10.6 Å². The van der Waals surface area contributed by atoms with Gasteiger partial charge in [0.25, 0.3) is 0 Å². The van der Waals surface area contributed by atoms with Gasteiger partial charge in [0.15, 0.2) is 5.82 Å². The minimum Gasteiger partial charge on any atom is -0.382 e. The van der Waals surface area contributed by atoms with Crippen molar-refractivity contribution in [1.29, 1.82) is 5.41 Å². The second-order valence-electron chi connectivity index (χ2n) is 4.99. The van der Waals surface area contributed by atoms with Gasteiger partial charge in [-0.1, -0.05) is 13.8 Å². The zero-order chi connectivity index (χ0) is 13.2. The highest BCUT2D eigenvalue weighted by Crippen LogP contribution is 2.32. The van der Waals surface area contributed by atoms with Crippen molar-refractivity contribution in [3.8, 4) is 0 Å². The molecule has 0 amide bonds. The fourth-order valence-electron chi connectivity index (χ4n) is 1.98. The Morgan fingerprint density at radius 1 is 1.39 bits per heavy atom. The summed E-state index contributed by atoms with van der Waals surface area (Å²) in [6, 6.07) is 0. The molecular formula is C12H19N5S. The Hall–Kier alpha value is -1.30. The van der Waals surface area contributed by atoms with Crippen molar-refractivity contribution in [2.75, 3.05) is 23.7 Å². The van der Waals surface area contributed by atoms with Crippen LogP contribution in [0.3, 0.4) is 0 Å². The van der Waals surface area contributed by atoms with Gasteiger partial charge in [0.1, 0.15) is 11.5 Å². The Bertz CT molecular complexity index is 446. The molecule has 6 heteroatoms. The molecule has 1 aliphatic rings. The Morgan fingerprint density at radius 2 is 2.11 bits per heavy atom. The normalized spacial score (nSPS) is 19.3. The van der Waals surface area contributed by atoms with Crippen LogP contribution in [-0.2, 0) is 0 Å². The third-order valence-corrected chi connectivity index (χ3v) is 4.44. The Balaban J connectivity index is 2.24. The van der Waals surface area contributed by atoms with Crippen molar-refractivity contribution >= 4 is 23.4 Å². The number of nitrogens with zero attached hydrogens (tertiary/aromatic N) is 3. The fourth-order valence-corrected chi connectivity index (χ4v) is 3.08. The molecule has 0 aromatic carbocycles. The first-order valence-corrected chi connectivity index (χ1v) is 7.02. The highest BCUT2D eigenvalue weighted by Gasteiger charge is 2.25. The van der Waals surface area contributed by atoms with E-state index in [1.54, 1.807) is 12.4 Å². The number of hydrogen-bond acceptors (Lipinski definition) is 5. The summed E-state index contributed by atoms with van der Waals surface area (Å²) in [7, 11) is 0. The number of thioether (sulfide) groups is 1. The van der Waals surface area contributed by atoms with E-state index >= 15 is 0 Å². The fraction of sp³-hybridized carbons (Fsp3) is 0.583. The van der Waals surface area contributed by atoms with Gasteiger partial charge in [-0.05, 0) is 6.42 Å². The van der Waals surface area contributed by atoms with E-state index in [9.17, 15) is 0 Å². The van der Waals surface area contributed by atoms with Gasteiger partial charge in [0.05, 0.1) is 0 Å². The Morgan fingerprint density at radius 3 is 2.83 bits per heavy atom. The molecule has 1 aliphatic heterocycles. The van der Waals surface area contributed by atoms with Gasteiger partial charge in [-0.3, -0.25) is 5.41 Å². The lowest BCUT2D eigenvalue weighted by atomic mass is 10.1. The number of nitrogens with two attached hydrogens (primary N) is 1. The molecule has 2 rings (SSSR count). The van der Waals surface area contributed by atoms with E-state index in [0.29, 0.717) is 10.4 Å². The zero-order valence-electron chi connectivity index (χ0n) is 10.8. The van der Waals surface area contributed by atoms with E-state index < -0.39 is 0 Å². The molecule has 18 heavy (non-hydrogen) atoms. The van der Waals surface area contributed by atoms with Crippen molar-refractivity contribution in [3.63, 3.8) is 0 Å². The first-order valence-electron chi connectivity index (χ1n) is 6.04. The lowest BCUT2D eigenvalue weighted by Gasteiger charge is -2.24. The predicted molar refractivity (Wildman–Crippen MR) is 76.4 cm³/mol. The number of hydrogen-bond donors (Lipinski definition) is 2. The summed E-state index contributed by atoms with van der Waals surface area (Å²) in [5, 5.41) is 7.57. The molecule has 0 saturated carbocycles. The molecule has 0 aliphatic carbocycles. The van der Waals surface area contributed by atoms with Crippen molar-refractivity contribution in [1.82, 2.24) is 9.97 Å². The van der Waals surface area contributed by atoms with Gasteiger partial charge in [-0.2, -0.15) is 11.8 Å². The van der Waals surface area contributed by atoms with Gasteiger partial charge in [0.2, 0.25) is 0 Å². The molecular weight excluding hydrogens is 246 g/mol. The Labute approximate surface area is 112 Å². The molecule has 0 radical (unpaired) electrons. The maximum Gasteiger partial charge on any atom is 0.158 e. The maximum atomic E-state index is 7.57. The monoisotopic (exact) mass is 265 g/mol. The van der Waals surface area contributed by atoms with Crippen LogP contribution in [0.4, 0.5) is 5.82 Å². The van der Waals surface area contributed by atoms with E-state index in [1.165, 1.54) is 0 Å². The van der Waals surface area contributed by atoms with Crippen molar-refractivity contribution in [2.24, 2.45) is 5.73 Å². The minimum absolute atomic E-state index is 0.0192. The quantitative estimate of drug-likeness (QED) is 0.625. The smallest absolute Gasteiger partial charge is 0.158 e. The summed E-state index contributed by atoms with van der Waals surface area (Å²) >= 11 is 1.98. The van der Waals surface area contributed by atoms with E-state index in [1.807, 2.05) is 11.8 Å². The van der Waals surface area contributed by atoms with Gasteiger partial charge in [-0.15, -0.1) is 0 Å². The van der Waals surface area contributed by atoms with Crippen LogP contribution in [0.1, 0.15) is 26.0 Å². The molecule has 1 aromatic heterocycles.